The number of benzene rings is 1. The van der Waals surface area contributed by atoms with Gasteiger partial charge in [0.2, 0.25) is 0 Å². The first-order chi connectivity index (χ1) is 6.45. The van der Waals surface area contributed by atoms with Gasteiger partial charge in [0.15, 0.2) is 0 Å². The fraction of sp³-hybridized carbons (Fsp3) is 0.250. The fourth-order valence-electron chi connectivity index (χ4n) is 0.940. The summed E-state index contributed by atoms with van der Waals surface area (Å²) in [6.45, 7) is 0. The number of halogens is 5. The van der Waals surface area contributed by atoms with Gasteiger partial charge in [-0.25, -0.2) is 4.39 Å². The Morgan fingerprint density at radius 3 is 2.14 bits per heavy atom. The lowest BCUT2D eigenvalue weighted by Gasteiger charge is -2.14. The Morgan fingerprint density at radius 1 is 1.14 bits per heavy atom. The number of hydrogen-bond donors (Lipinski definition) is 1. The van der Waals surface area contributed by atoms with E-state index < -0.39 is 16.8 Å². The van der Waals surface area contributed by atoms with Crippen molar-refractivity contribution in [1.29, 1.82) is 0 Å². The van der Waals surface area contributed by atoms with Crippen LogP contribution >= 0.6 is 46.4 Å². The minimum atomic E-state index is -1.40. The molecule has 0 amide bonds. The molecule has 0 spiro atoms. The molecule has 0 heterocycles. The normalized spacial score (nSPS) is 13.4. The van der Waals surface area contributed by atoms with E-state index >= 15 is 0 Å². The Labute approximate surface area is 100 Å². The second-order valence-electron chi connectivity index (χ2n) is 2.54. The summed E-state index contributed by atoms with van der Waals surface area (Å²) in [6.07, 6.45) is -1.40. The van der Waals surface area contributed by atoms with E-state index in [2.05, 4.69) is 0 Å². The molecule has 1 aromatic rings. The quantitative estimate of drug-likeness (QED) is 0.641. The molecule has 1 aromatic carbocycles. The number of aliphatic hydroxyl groups is 1. The van der Waals surface area contributed by atoms with Gasteiger partial charge in [-0.1, -0.05) is 23.2 Å². The standard InChI is InChI=1S/C8H5Cl4FO/c9-3-1-2-4(10)6(13)5(3)7(14)8(11)12/h1-2,7-8,14H. The molecule has 1 atom stereocenters. The van der Waals surface area contributed by atoms with Crippen molar-refractivity contribution in [2.45, 2.75) is 10.9 Å². The maximum absolute atomic E-state index is 13.4. The molecular formula is C8H5Cl4FO. The van der Waals surface area contributed by atoms with Crippen LogP contribution in [0.5, 0.6) is 0 Å². The molecule has 6 heteroatoms. The van der Waals surface area contributed by atoms with Crippen LogP contribution in [0, 0.1) is 5.82 Å². The molecule has 1 nitrogen and oxygen atoms in total. The highest BCUT2D eigenvalue weighted by atomic mass is 35.5. The van der Waals surface area contributed by atoms with Crippen LogP contribution in [-0.2, 0) is 0 Å². The average Bonchev–Trinajstić information content (AvgIpc) is 2.12. The molecule has 1 N–H and O–H groups in total. The molecule has 0 fully saturated rings. The molecule has 0 bridgehead atoms. The largest absolute Gasteiger partial charge is 0.385 e. The first kappa shape index (κ1) is 12.3. The number of alkyl halides is 2. The summed E-state index contributed by atoms with van der Waals surface area (Å²) in [5.41, 5.74) is -0.186. The lowest BCUT2D eigenvalue weighted by Crippen LogP contribution is -2.09. The molecule has 0 aliphatic rings. The van der Waals surface area contributed by atoms with Gasteiger partial charge >= 0.3 is 0 Å². The molecule has 0 saturated carbocycles. The number of hydrogen-bond acceptors (Lipinski definition) is 1. The van der Waals surface area contributed by atoms with Gasteiger partial charge in [-0.2, -0.15) is 0 Å². The Hall–Kier alpha value is 0.270. The molecule has 0 aliphatic carbocycles. The molecular weight excluding hydrogens is 273 g/mol. The summed E-state index contributed by atoms with van der Waals surface area (Å²) >= 11 is 22.0. The molecule has 0 aromatic heterocycles. The Kier molecular flexibility index (Phi) is 4.29. The van der Waals surface area contributed by atoms with E-state index in [9.17, 15) is 9.50 Å². The van der Waals surface area contributed by atoms with E-state index in [1.165, 1.54) is 12.1 Å². The summed E-state index contributed by atoms with van der Waals surface area (Å²) in [7, 11) is 0. The SMILES string of the molecule is OC(c1c(Cl)ccc(Cl)c1F)C(Cl)Cl. The topological polar surface area (TPSA) is 20.2 Å². The lowest BCUT2D eigenvalue weighted by atomic mass is 10.1. The van der Waals surface area contributed by atoms with Gasteiger partial charge in [0.05, 0.1) is 5.02 Å². The van der Waals surface area contributed by atoms with Crippen molar-refractivity contribution in [3.8, 4) is 0 Å². The first-order valence-electron chi connectivity index (χ1n) is 3.54. The van der Waals surface area contributed by atoms with Gasteiger partial charge in [-0.05, 0) is 12.1 Å². The molecule has 0 aliphatic heterocycles. The zero-order valence-electron chi connectivity index (χ0n) is 6.65. The highest BCUT2D eigenvalue weighted by Gasteiger charge is 2.24. The summed E-state index contributed by atoms with van der Waals surface area (Å²) in [5, 5.41) is 9.33. The lowest BCUT2D eigenvalue weighted by molar-refractivity contribution is 0.188. The summed E-state index contributed by atoms with van der Waals surface area (Å²) in [4.78, 5) is -1.17. The van der Waals surface area contributed by atoms with E-state index in [0.29, 0.717) is 0 Å². The van der Waals surface area contributed by atoms with Crippen molar-refractivity contribution in [1.82, 2.24) is 0 Å². The maximum atomic E-state index is 13.4. The van der Waals surface area contributed by atoms with Crippen LogP contribution in [0.1, 0.15) is 11.7 Å². The van der Waals surface area contributed by atoms with Gasteiger partial charge in [0, 0.05) is 10.6 Å². The van der Waals surface area contributed by atoms with Crippen molar-refractivity contribution in [2.75, 3.05) is 0 Å². The predicted molar refractivity (Wildman–Crippen MR) is 56.9 cm³/mol. The molecule has 1 rings (SSSR count). The van der Waals surface area contributed by atoms with Crippen molar-refractivity contribution < 1.29 is 9.50 Å². The zero-order chi connectivity index (χ0) is 10.9. The maximum Gasteiger partial charge on any atom is 0.149 e. The van der Waals surface area contributed by atoms with Crippen LogP contribution in [0.4, 0.5) is 4.39 Å². The van der Waals surface area contributed by atoms with Gasteiger partial charge < -0.3 is 5.11 Å². The van der Waals surface area contributed by atoms with Crippen molar-refractivity contribution in [3.05, 3.63) is 33.6 Å². The summed E-state index contributed by atoms with van der Waals surface area (Å²) < 4.78 is 13.4. The number of rotatable bonds is 2. The van der Waals surface area contributed by atoms with E-state index in [0.717, 1.165) is 0 Å². The third-order valence-corrected chi connectivity index (χ3v) is 2.71. The first-order valence-corrected chi connectivity index (χ1v) is 5.17. The Balaban J connectivity index is 3.25. The molecule has 14 heavy (non-hydrogen) atoms. The predicted octanol–water partition coefficient (Wildman–Crippen LogP) is 3.97. The van der Waals surface area contributed by atoms with Crippen molar-refractivity contribution >= 4 is 46.4 Å². The third kappa shape index (κ3) is 2.44. The highest BCUT2D eigenvalue weighted by molar-refractivity contribution is 6.44. The van der Waals surface area contributed by atoms with E-state index in [1.807, 2.05) is 0 Å². The van der Waals surface area contributed by atoms with E-state index in [-0.39, 0.29) is 15.6 Å². The van der Waals surface area contributed by atoms with Crippen LogP contribution in [0.15, 0.2) is 12.1 Å². The van der Waals surface area contributed by atoms with Crippen molar-refractivity contribution in [3.63, 3.8) is 0 Å². The summed E-state index contributed by atoms with van der Waals surface area (Å²) in [5.74, 6) is -0.807. The van der Waals surface area contributed by atoms with Gasteiger partial charge in [0.1, 0.15) is 16.8 Å². The van der Waals surface area contributed by atoms with Crippen LogP contribution in [-0.4, -0.2) is 9.94 Å². The molecule has 78 valence electrons. The minimum absolute atomic E-state index is 0.0331. The molecule has 1 unspecified atom stereocenters. The van der Waals surface area contributed by atoms with Crippen LogP contribution < -0.4 is 0 Å². The number of aliphatic hydroxyl groups excluding tert-OH is 1. The second-order valence-corrected chi connectivity index (χ2v) is 4.51. The third-order valence-electron chi connectivity index (χ3n) is 1.61. The zero-order valence-corrected chi connectivity index (χ0v) is 9.67. The van der Waals surface area contributed by atoms with E-state index in [1.54, 1.807) is 0 Å². The smallest absolute Gasteiger partial charge is 0.149 e. The van der Waals surface area contributed by atoms with E-state index in [4.69, 9.17) is 46.4 Å². The van der Waals surface area contributed by atoms with Crippen LogP contribution in [0.3, 0.4) is 0 Å². The van der Waals surface area contributed by atoms with Crippen LogP contribution in [0.2, 0.25) is 10.0 Å². The van der Waals surface area contributed by atoms with Gasteiger partial charge in [0.25, 0.3) is 0 Å². The van der Waals surface area contributed by atoms with Gasteiger partial charge in [-0.15, -0.1) is 23.2 Å². The average molecular weight is 278 g/mol. The monoisotopic (exact) mass is 276 g/mol. The Morgan fingerprint density at radius 2 is 1.64 bits per heavy atom. The molecule has 0 radical (unpaired) electrons. The fourth-order valence-corrected chi connectivity index (χ4v) is 1.61. The minimum Gasteiger partial charge on any atom is -0.385 e. The molecule has 0 saturated heterocycles. The summed E-state index contributed by atoms with van der Waals surface area (Å²) in [6, 6.07) is 2.65. The second kappa shape index (κ2) is 4.86. The Bertz CT molecular complexity index is 342. The van der Waals surface area contributed by atoms with Gasteiger partial charge in [-0.3, -0.25) is 0 Å². The van der Waals surface area contributed by atoms with Crippen molar-refractivity contribution in [2.24, 2.45) is 0 Å². The highest BCUT2D eigenvalue weighted by Crippen LogP contribution is 2.34. The van der Waals surface area contributed by atoms with Crippen LogP contribution in [0.25, 0.3) is 0 Å².